The fourth-order valence-corrected chi connectivity index (χ4v) is 1.53. The van der Waals surface area contributed by atoms with Crippen LogP contribution in [0, 0.1) is 0 Å². The van der Waals surface area contributed by atoms with E-state index in [-0.39, 0.29) is 6.61 Å². The standard InChI is InChI=1S/C12H15NO4/c13-8-1-3-9(4-2-8)16-12-6-5-10(15)11(7-14)17-12/h1-6,10-12,14-15H,7,13H2/t10-,11?,12-/m0/s1. The van der Waals surface area contributed by atoms with E-state index in [1.54, 1.807) is 36.4 Å². The Morgan fingerprint density at radius 3 is 2.59 bits per heavy atom. The van der Waals surface area contributed by atoms with Crippen molar-refractivity contribution in [2.75, 3.05) is 12.3 Å². The first kappa shape index (κ1) is 11.9. The zero-order chi connectivity index (χ0) is 12.3. The van der Waals surface area contributed by atoms with E-state index in [1.807, 2.05) is 0 Å². The van der Waals surface area contributed by atoms with E-state index in [0.29, 0.717) is 11.4 Å². The highest BCUT2D eigenvalue weighted by Gasteiger charge is 2.25. The van der Waals surface area contributed by atoms with E-state index in [1.165, 1.54) is 0 Å². The predicted molar refractivity (Wildman–Crippen MR) is 62.4 cm³/mol. The minimum Gasteiger partial charge on any atom is -0.461 e. The van der Waals surface area contributed by atoms with Crippen LogP contribution in [0.4, 0.5) is 5.69 Å². The maximum Gasteiger partial charge on any atom is 0.220 e. The second-order valence-corrected chi connectivity index (χ2v) is 3.79. The summed E-state index contributed by atoms with van der Waals surface area (Å²) in [5.74, 6) is 0.613. The molecule has 4 N–H and O–H groups in total. The van der Waals surface area contributed by atoms with E-state index in [2.05, 4.69) is 0 Å². The third-order valence-corrected chi connectivity index (χ3v) is 2.47. The summed E-state index contributed by atoms with van der Waals surface area (Å²) in [5.41, 5.74) is 6.21. The van der Waals surface area contributed by atoms with Crippen molar-refractivity contribution < 1.29 is 19.7 Å². The molecule has 0 fully saturated rings. The highest BCUT2D eigenvalue weighted by molar-refractivity contribution is 5.41. The molecule has 0 saturated carbocycles. The van der Waals surface area contributed by atoms with Gasteiger partial charge in [-0.25, -0.2) is 0 Å². The van der Waals surface area contributed by atoms with Gasteiger partial charge in [-0.2, -0.15) is 0 Å². The number of aliphatic hydroxyl groups excluding tert-OH is 2. The van der Waals surface area contributed by atoms with Crippen LogP contribution < -0.4 is 10.5 Å². The van der Waals surface area contributed by atoms with Crippen LogP contribution in [0.15, 0.2) is 36.4 Å². The van der Waals surface area contributed by atoms with Gasteiger partial charge >= 0.3 is 0 Å². The highest BCUT2D eigenvalue weighted by Crippen LogP contribution is 2.19. The lowest BCUT2D eigenvalue weighted by Gasteiger charge is -2.28. The lowest BCUT2D eigenvalue weighted by atomic mass is 10.1. The van der Waals surface area contributed by atoms with Gasteiger partial charge in [0.15, 0.2) is 0 Å². The first-order valence-electron chi connectivity index (χ1n) is 5.34. The number of hydrogen-bond acceptors (Lipinski definition) is 5. The van der Waals surface area contributed by atoms with Crippen LogP contribution in [0.25, 0.3) is 0 Å². The second-order valence-electron chi connectivity index (χ2n) is 3.79. The zero-order valence-corrected chi connectivity index (χ0v) is 9.19. The second kappa shape index (κ2) is 5.18. The molecule has 0 amide bonds. The zero-order valence-electron chi connectivity index (χ0n) is 9.19. The highest BCUT2D eigenvalue weighted by atomic mass is 16.7. The van der Waals surface area contributed by atoms with Crippen molar-refractivity contribution in [2.45, 2.75) is 18.5 Å². The summed E-state index contributed by atoms with van der Waals surface area (Å²) in [5, 5.41) is 18.4. The Labute approximate surface area is 99.1 Å². The molecule has 17 heavy (non-hydrogen) atoms. The van der Waals surface area contributed by atoms with E-state index >= 15 is 0 Å². The average Bonchev–Trinajstić information content (AvgIpc) is 2.34. The summed E-state index contributed by atoms with van der Waals surface area (Å²) in [6.45, 7) is -0.257. The number of anilines is 1. The maximum absolute atomic E-state index is 9.45. The SMILES string of the molecule is Nc1ccc(O[C@@H]2C=C[C@H](O)C(CO)O2)cc1. The van der Waals surface area contributed by atoms with E-state index in [4.69, 9.17) is 20.3 Å². The summed E-state index contributed by atoms with van der Waals surface area (Å²) in [7, 11) is 0. The Bertz CT molecular complexity index is 390. The van der Waals surface area contributed by atoms with Crippen LogP contribution in [0.1, 0.15) is 0 Å². The molecular weight excluding hydrogens is 222 g/mol. The summed E-state index contributed by atoms with van der Waals surface area (Å²) in [6.07, 6.45) is 1.09. The molecular formula is C12H15NO4. The van der Waals surface area contributed by atoms with Crippen LogP contribution in [-0.4, -0.2) is 35.3 Å². The van der Waals surface area contributed by atoms with Crippen molar-refractivity contribution in [2.24, 2.45) is 0 Å². The molecule has 1 aromatic carbocycles. The molecule has 5 nitrogen and oxygen atoms in total. The van der Waals surface area contributed by atoms with Gasteiger partial charge in [-0.3, -0.25) is 0 Å². The maximum atomic E-state index is 9.45. The largest absolute Gasteiger partial charge is 0.461 e. The molecule has 1 unspecified atom stereocenters. The van der Waals surface area contributed by atoms with Crippen molar-refractivity contribution in [1.82, 2.24) is 0 Å². The molecule has 2 rings (SSSR count). The molecule has 92 valence electrons. The number of ether oxygens (including phenoxy) is 2. The van der Waals surface area contributed by atoms with Crippen LogP contribution in [0.2, 0.25) is 0 Å². The molecule has 1 heterocycles. The van der Waals surface area contributed by atoms with E-state index in [9.17, 15) is 5.11 Å². The molecule has 1 aliphatic rings. The van der Waals surface area contributed by atoms with Gasteiger partial charge in [0.25, 0.3) is 0 Å². The Hall–Kier alpha value is -1.56. The van der Waals surface area contributed by atoms with Crippen molar-refractivity contribution >= 4 is 5.69 Å². The van der Waals surface area contributed by atoms with Crippen molar-refractivity contribution in [3.05, 3.63) is 36.4 Å². The number of aliphatic hydroxyl groups is 2. The smallest absolute Gasteiger partial charge is 0.220 e. The number of hydrogen-bond donors (Lipinski definition) is 3. The third-order valence-electron chi connectivity index (χ3n) is 2.47. The fourth-order valence-electron chi connectivity index (χ4n) is 1.53. The van der Waals surface area contributed by atoms with Gasteiger partial charge in [-0.05, 0) is 30.3 Å². The van der Waals surface area contributed by atoms with Gasteiger partial charge in [0, 0.05) is 5.69 Å². The Kier molecular flexibility index (Phi) is 3.63. The molecule has 1 aromatic rings. The van der Waals surface area contributed by atoms with Gasteiger partial charge in [0.2, 0.25) is 6.29 Å². The summed E-state index contributed by atoms with van der Waals surface area (Å²) in [4.78, 5) is 0. The first-order valence-corrected chi connectivity index (χ1v) is 5.34. The third kappa shape index (κ3) is 2.97. The van der Waals surface area contributed by atoms with E-state index < -0.39 is 18.5 Å². The minimum atomic E-state index is -0.800. The van der Waals surface area contributed by atoms with Crippen LogP contribution in [0.5, 0.6) is 5.75 Å². The number of nitrogen functional groups attached to an aromatic ring is 1. The Morgan fingerprint density at radius 2 is 1.94 bits per heavy atom. The Balaban J connectivity index is 2.00. The molecule has 1 aliphatic heterocycles. The molecule has 0 spiro atoms. The number of rotatable bonds is 3. The molecule has 5 heteroatoms. The van der Waals surface area contributed by atoms with Crippen molar-refractivity contribution in [1.29, 1.82) is 0 Å². The monoisotopic (exact) mass is 237 g/mol. The Morgan fingerprint density at radius 1 is 1.24 bits per heavy atom. The van der Waals surface area contributed by atoms with Crippen LogP contribution in [-0.2, 0) is 4.74 Å². The van der Waals surface area contributed by atoms with Gasteiger partial charge < -0.3 is 25.4 Å². The average molecular weight is 237 g/mol. The topological polar surface area (TPSA) is 84.9 Å². The quantitative estimate of drug-likeness (QED) is 0.519. The number of benzene rings is 1. The van der Waals surface area contributed by atoms with Gasteiger partial charge in [0.1, 0.15) is 18.0 Å². The van der Waals surface area contributed by atoms with Gasteiger partial charge in [0.05, 0.1) is 6.61 Å². The van der Waals surface area contributed by atoms with Gasteiger partial charge in [-0.15, -0.1) is 0 Å². The van der Waals surface area contributed by atoms with Gasteiger partial charge in [-0.1, -0.05) is 6.08 Å². The van der Waals surface area contributed by atoms with Crippen LogP contribution in [0.3, 0.4) is 0 Å². The fraction of sp³-hybridized carbons (Fsp3) is 0.333. The van der Waals surface area contributed by atoms with E-state index in [0.717, 1.165) is 0 Å². The lowest BCUT2D eigenvalue weighted by Crippen LogP contribution is -2.39. The summed E-state index contributed by atoms with van der Waals surface area (Å²) in [6, 6.07) is 6.90. The first-order chi connectivity index (χ1) is 8.19. The van der Waals surface area contributed by atoms with Crippen LogP contribution >= 0.6 is 0 Å². The molecule has 3 atom stereocenters. The molecule has 0 saturated heterocycles. The minimum absolute atomic E-state index is 0.257. The molecule has 0 aliphatic carbocycles. The van der Waals surface area contributed by atoms with Crippen molar-refractivity contribution in [3.63, 3.8) is 0 Å². The summed E-state index contributed by atoms with van der Waals surface area (Å²) < 4.78 is 10.8. The number of nitrogens with two attached hydrogens (primary N) is 1. The molecule has 0 radical (unpaired) electrons. The predicted octanol–water partition coefficient (Wildman–Crippen LogP) is 0.282. The normalized spacial score (nSPS) is 28.0. The summed E-state index contributed by atoms with van der Waals surface area (Å²) >= 11 is 0. The lowest BCUT2D eigenvalue weighted by molar-refractivity contribution is -0.142. The molecule has 0 aromatic heterocycles. The van der Waals surface area contributed by atoms with Crippen molar-refractivity contribution in [3.8, 4) is 5.75 Å². The molecule has 0 bridgehead atoms.